The lowest BCUT2D eigenvalue weighted by molar-refractivity contribution is -0.358. The second-order valence-corrected chi connectivity index (χ2v) is 16.7. The van der Waals surface area contributed by atoms with Crippen molar-refractivity contribution in [3.05, 3.63) is 226 Å². The van der Waals surface area contributed by atoms with E-state index in [2.05, 4.69) is 10.0 Å². The van der Waals surface area contributed by atoms with Crippen molar-refractivity contribution in [2.24, 2.45) is 5.11 Å². The van der Waals surface area contributed by atoms with Crippen molar-refractivity contribution in [2.45, 2.75) is 101 Å². The highest BCUT2D eigenvalue weighted by molar-refractivity contribution is 5.18. The quantitative estimate of drug-likeness (QED) is 0.0327. The minimum Gasteiger partial charge on any atom is -0.374 e. The Kier molecular flexibility index (Phi) is 18.7. The first-order valence-electron chi connectivity index (χ1n) is 23.0. The summed E-state index contributed by atoms with van der Waals surface area (Å²) >= 11 is 0. The lowest BCUT2D eigenvalue weighted by Crippen LogP contribution is -2.65. The summed E-state index contributed by atoms with van der Waals surface area (Å²) in [6.45, 7) is 1.67. The summed E-state index contributed by atoms with van der Waals surface area (Å²) < 4.78 is 67.1. The standard InChI is InChI=1S/C55H59N3O10/c1-59-55-53(65-37-45-30-18-7-19-31-45)52(64-36-44-28-16-6-17-29-44)50(47(67-55)39-61-33-41-22-10-3-11-23-41)68-54-48(57-58-56)51(63-35-43-26-14-5-15-27-43)49(62-34-42-24-12-4-13-25-42)46(66-54)38-60-32-40-20-8-2-9-21-40/h2-31,46-55H,32-39H2,1H3/t46-,47-,48-,49+,50-,51-,52+,53-,54-,55+/m1/s1. The van der Waals surface area contributed by atoms with E-state index < -0.39 is 61.3 Å². The van der Waals surface area contributed by atoms with Crippen molar-refractivity contribution >= 4 is 0 Å². The molecule has 0 spiro atoms. The van der Waals surface area contributed by atoms with E-state index in [-0.39, 0.29) is 39.6 Å². The summed E-state index contributed by atoms with van der Waals surface area (Å²) in [4.78, 5) is 3.35. The molecule has 0 N–H and O–H groups in total. The maximum absolute atomic E-state index is 10.3. The molecule has 13 nitrogen and oxygen atoms in total. The summed E-state index contributed by atoms with van der Waals surface area (Å²) in [6.07, 6.45) is -7.90. The van der Waals surface area contributed by atoms with Crippen molar-refractivity contribution in [3.8, 4) is 0 Å². The van der Waals surface area contributed by atoms with Crippen LogP contribution in [0.3, 0.4) is 0 Å². The van der Waals surface area contributed by atoms with Gasteiger partial charge in [-0.05, 0) is 38.9 Å². The van der Waals surface area contributed by atoms with Crippen molar-refractivity contribution in [1.29, 1.82) is 0 Å². The van der Waals surface area contributed by atoms with Gasteiger partial charge in [0.2, 0.25) is 0 Å². The van der Waals surface area contributed by atoms with E-state index in [1.165, 1.54) is 0 Å². The highest BCUT2D eigenvalue weighted by Gasteiger charge is 2.54. The predicted molar refractivity (Wildman–Crippen MR) is 254 cm³/mol. The number of benzene rings is 6. The van der Waals surface area contributed by atoms with Crippen LogP contribution in [-0.2, 0) is 87.0 Å². The fourth-order valence-electron chi connectivity index (χ4n) is 8.40. The van der Waals surface area contributed by atoms with Crippen molar-refractivity contribution < 1.29 is 47.4 Å². The third kappa shape index (κ3) is 13.9. The van der Waals surface area contributed by atoms with Gasteiger partial charge in [0, 0.05) is 12.0 Å². The molecular weight excluding hydrogens is 863 g/mol. The molecule has 6 aromatic rings. The number of rotatable bonds is 24. The Bertz CT molecular complexity index is 2370. The van der Waals surface area contributed by atoms with Gasteiger partial charge in [0.15, 0.2) is 12.6 Å². The first-order chi connectivity index (χ1) is 33.6. The highest BCUT2D eigenvalue weighted by Crippen LogP contribution is 2.36. The van der Waals surface area contributed by atoms with Crippen LogP contribution in [0.15, 0.2) is 187 Å². The van der Waals surface area contributed by atoms with Gasteiger partial charge in [-0.3, -0.25) is 0 Å². The minimum absolute atomic E-state index is 0.0787. The van der Waals surface area contributed by atoms with Crippen molar-refractivity contribution in [3.63, 3.8) is 0 Å². The lowest BCUT2D eigenvalue weighted by atomic mass is 9.95. The molecule has 13 heteroatoms. The normalized spacial score (nSPS) is 24.8. The van der Waals surface area contributed by atoms with Crippen LogP contribution in [0.25, 0.3) is 10.4 Å². The third-order valence-corrected chi connectivity index (χ3v) is 11.8. The molecule has 0 radical (unpaired) electrons. The zero-order chi connectivity index (χ0) is 46.6. The van der Waals surface area contributed by atoms with Gasteiger partial charge in [0.1, 0.15) is 48.8 Å². The van der Waals surface area contributed by atoms with Gasteiger partial charge in [-0.25, -0.2) is 0 Å². The monoisotopic (exact) mass is 921 g/mol. The SMILES string of the molecule is CO[C@H]1O[C@H](COCc2ccccc2)[C@@H](O[C@H]2O[C@H](COCc3ccccc3)[C@H](OCc3ccccc3)[C@H](OCc3ccccc3)[C@H]2N=[N+]=[N-])[C@H](OCc2ccccc2)[C@H]1OCc1ccccc1. The van der Waals surface area contributed by atoms with Gasteiger partial charge in [0.05, 0.1) is 52.9 Å². The zero-order valence-electron chi connectivity index (χ0n) is 38.2. The third-order valence-electron chi connectivity index (χ3n) is 11.8. The molecule has 0 aromatic heterocycles. The molecule has 8 rings (SSSR count). The molecule has 354 valence electrons. The molecule has 6 aromatic carbocycles. The van der Waals surface area contributed by atoms with Gasteiger partial charge >= 0.3 is 0 Å². The molecule has 2 fully saturated rings. The average Bonchev–Trinajstić information content (AvgIpc) is 3.39. The Morgan fingerprint density at radius 2 is 0.750 bits per heavy atom. The topological polar surface area (TPSA) is 141 Å². The van der Waals surface area contributed by atoms with E-state index >= 15 is 0 Å². The van der Waals surface area contributed by atoms with E-state index in [9.17, 15) is 5.53 Å². The summed E-state index contributed by atoms with van der Waals surface area (Å²) in [6, 6.07) is 58.1. The van der Waals surface area contributed by atoms with E-state index in [1.54, 1.807) is 7.11 Å². The summed E-state index contributed by atoms with van der Waals surface area (Å²) in [5.41, 5.74) is 16.1. The zero-order valence-corrected chi connectivity index (χ0v) is 38.2. The first kappa shape index (κ1) is 48.7. The number of hydrogen-bond acceptors (Lipinski definition) is 11. The van der Waals surface area contributed by atoms with Gasteiger partial charge in [-0.2, -0.15) is 0 Å². The molecule has 68 heavy (non-hydrogen) atoms. The highest BCUT2D eigenvalue weighted by atomic mass is 16.8. The molecule has 0 unspecified atom stereocenters. The fourth-order valence-corrected chi connectivity index (χ4v) is 8.40. The number of azide groups is 1. The first-order valence-corrected chi connectivity index (χ1v) is 23.0. The molecule has 2 aliphatic rings. The average molecular weight is 922 g/mol. The summed E-state index contributed by atoms with van der Waals surface area (Å²) in [7, 11) is 1.58. The smallest absolute Gasteiger partial charge is 0.186 e. The van der Waals surface area contributed by atoms with Crippen molar-refractivity contribution in [2.75, 3.05) is 20.3 Å². The number of methoxy groups -OCH3 is 1. The summed E-state index contributed by atoms with van der Waals surface area (Å²) in [5.74, 6) is 0. The van der Waals surface area contributed by atoms with Gasteiger partial charge in [-0.1, -0.05) is 187 Å². The van der Waals surface area contributed by atoms with Crippen LogP contribution < -0.4 is 0 Å². The van der Waals surface area contributed by atoms with Crippen LogP contribution in [0.1, 0.15) is 33.4 Å². The van der Waals surface area contributed by atoms with Crippen LogP contribution in [0.5, 0.6) is 0 Å². The van der Waals surface area contributed by atoms with E-state index in [0.29, 0.717) is 13.2 Å². The maximum atomic E-state index is 10.3. The molecular formula is C55H59N3O10. The van der Waals surface area contributed by atoms with Crippen LogP contribution >= 0.6 is 0 Å². The Morgan fingerprint density at radius 1 is 0.412 bits per heavy atom. The number of nitrogens with zero attached hydrogens (tertiary/aromatic N) is 3. The molecule has 0 bridgehead atoms. The van der Waals surface area contributed by atoms with Gasteiger partial charge in [-0.15, -0.1) is 0 Å². The van der Waals surface area contributed by atoms with E-state index in [4.69, 9.17) is 47.4 Å². The van der Waals surface area contributed by atoms with E-state index in [0.717, 1.165) is 33.4 Å². The Hall–Kier alpha value is -5.77. The Balaban J connectivity index is 1.16. The minimum atomic E-state index is -1.23. The number of hydrogen-bond donors (Lipinski definition) is 0. The summed E-state index contributed by atoms with van der Waals surface area (Å²) in [5, 5.41) is 4.38. The molecule has 2 heterocycles. The second-order valence-electron chi connectivity index (χ2n) is 16.7. The van der Waals surface area contributed by atoms with Gasteiger partial charge < -0.3 is 47.4 Å². The molecule has 2 aliphatic heterocycles. The van der Waals surface area contributed by atoms with Crippen LogP contribution in [-0.4, -0.2) is 81.7 Å². The van der Waals surface area contributed by atoms with E-state index in [1.807, 2.05) is 182 Å². The molecule has 0 saturated carbocycles. The Labute approximate surface area is 398 Å². The predicted octanol–water partition coefficient (Wildman–Crippen LogP) is 9.92. The van der Waals surface area contributed by atoms with Crippen LogP contribution in [0, 0.1) is 0 Å². The number of ether oxygens (including phenoxy) is 10. The maximum Gasteiger partial charge on any atom is 0.186 e. The fraction of sp³-hybridized carbons (Fsp3) is 0.345. The largest absolute Gasteiger partial charge is 0.374 e. The molecule has 0 amide bonds. The molecule has 10 atom stereocenters. The van der Waals surface area contributed by atoms with Crippen LogP contribution in [0.2, 0.25) is 0 Å². The van der Waals surface area contributed by atoms with Crippen molar-refractivity contribution in [1.82, 2.24) is 0 Å². The second kappa shape index (κ2) is 26.1. The van der Waals surface area contributed by atoms with Crippen LogP contribution in [0.4, 0.5) is 0 Å². The Morgan fingerprint density at radius 3 is 1.15 bits per heavy atom. The molecule has 2 saturated heterocycles. The van der Waals surface area contributed by atoms with Gasteiger partial charge in [0.25, 0.3) is 0 Å². The lowest BCUT2D eigenvalue weighted by Gasteiger charge is -2.49. The molecule has 0 aliphatic carbocycles.